The molecule has 1 saturated carbocycles. The Kier molecular flexibility index (Phi) is 5.28. The Labute approximate surface area is 128 Å². The summed E-state index contributed by atoms with van der Waals surface area (Å²) in [6, 6.07) is 6.07. The van der Waals surface area contributed by atoms with Crippen molar-refractivity contribution < 1.29 is 9.47 Å². The zero-order chi connectivity index (χ0) is 15.5. The first-order valence-corrected chi connectivity index (χ1v) is 8.06. The molecule has 1 aliphatic carbocycles. The molecule has 0 amide bonds. The van der Waals surface area contributed by atoms with Crippen LogP contribution in [0, 0.1) is 12.8 Å². The van der Waals surface area contributed by atoms with E-state index in [0.29, 0.717) is 12.5 Å². The Morgan fingerprint density at radius 2 is 2.19 bits per heavy atom. The lowest BCUT2D eigenvalue weighted by Gasteiger charge is -2.44. The second-order valence-corrected chi connectivity index (χ2v) is 6.42. The van der Waals surface area contributed by atoms with E-state index in [4.69, 9.17) is 15.2 Å². The fourth-order valence-electron chi connectivity index (χ4n) is 3.71. The summed E-state index contributed by atoms with van der Waals surface area (Å²) in [6.07, 6.45) is 4.51. The van der Waals surface area contributed by atoms with Gasteiger partial charge in [0.15, 0.2) is 0 Å². The molecule has 3 heteroatoms. The first-order chi connectivity index (χ1) is 10.0. The average molecular weight is 291 g/mol. The van der Waals surface area contributed by atoms with E-state index in [9.17, 15) is 0 Å². The van der Waals surface area contributed by atoms with Crippen LogP contribution in [0.3, 0.4) is 0 Å². The minimum atomic E-state index is -0.256. The maximum Gasteiger partial charge on any atom is 0.123 e. The largest absolute Gasteiger partial charge is 0.496 e. The van der Waals surface area contributed by atoms with Gasteiger partial charge in [0.25, 0.3) is 0 Å². The molecule has 1 fully saturated rings. The molecule has 0 heterocycles. The van der Waals surface area contributed by atoms with Gasteiger partial charge in [0.05, 0.1) is 18.8 Å². The Morgan fingerprint density at radius 3 is 2.81 bits per heavy atom. The van der Waals surface area contributed by atoms with Gasteiger partial charge in [-0.15, -0.1) is 0 Å². The molecule has 0 saturated heterocycles. The molecular formula is C18H29NO2. The molecule has 1 aliphatic rings. The molecule has 3 atom stereocenters. The number of aryl methyl sites for hydroxylation is 1. The monoisotopic (exact) mass is 291 g/mol. The number of ether oxygens (including phenoxy) is 2. The zero-order valence-electron chi connectivity index (χ0n) is 13.8. The lowest BCUT2D eigenvalue weighted by Crippen LogP contribution is -2.47. The highest BCUT2D eigenvalue weighted by atomic mass is 16.5. The number of hydrogen-bond donors (Lipinski definition) is 1. The predicted molar refractivity (Wildman–Crippen MR) is 86.6 cm³/mol. The van der Waals surface area contributed by atoms with Crippen LogP contribution in [-0.4, -0.2) is 19.3 Å². The summed E-state index contributed by atoms with van der Waals surface area (Å²) in [5.74, 6) is 1.53. The molecule has 0 spiro atoms. The van der Waals surface area contributed by atoms with Gasteiger partial charge >= 0.3 is 0 Å². The number of nitrogens with two attached hydrogens (primary N) is 1. The third-order valence-electron chi connectivity index (χ3n) is 4.71. The molecule has 1 aromatic rings. The van der Waals surface area contributed by atoms with Crippen molar-refractivity contribution in [2.75, 3.05) is 13.7 Å². The van der Waals surface area contributed by atoms with Gasteiger partial charge in [0, 0.05) is 12.2 Å². The Balaban J connectivity index is 2.38. The van der Waals surface area contributed by atoms with E-state index in [2.05, 4.69) is 32.9 Å². The van der Waals surface area contributed by atoms with Crippen molar-refractivity contribution >= 4 is 0 Å². The van der Waals surface area contributed by atoms with Crippen molar-refractivity contribution in [2.24, 2.45) is 11.7 Å². The lowest BCUT2D eigenvalue weighted by molar-refractivity contribution is -0.0941. The first kappa shape index (κ1) is 16.3. The van der Waals surface area contributed by atoms with Crippen LogP contribution in [0.15, 0.2) is 18.2 Å². The molecule has 3 nitrogen and oxygen atoms in total. The topological polar surface area (TPSA) is 44.5 Å². The number of benzene rings is 1. The highest BCUT2D eigenvalue weighted by Gasteiger charge is 2.42. The zero-order valence-corrected chi connectivity index (χ0v) is 13.8. The molecule has 0 bridgehead atoms. The Bertz CT molecular complexity index is 470. The maximum absolute atomic E-state index is 6.69. The van der Waals surface area contributed by atoms with Crippen LogP contribution >= 0.6 is 0 Å². The van der Waals surface area contributed by atoms with Gasteiger partial charge in [-0.3, -0.25) is 0 Å². The fraction of sp³-hybridized carbons (Fsp3) is 0.667. The van der Waals surface area contributed by atoms with Gasteiger partial charge in [-0.25, -0.2) is 0 Å². The van der Waals surface area contributed by atoms with E-state index in [0.717, 1.165) is 24.2 Å². The van der Waals surface area contributed by atoms with Crippen LogP contribution < -0.4 is 10.5 Å². The standard InChI is InChI=1S/C18H29NO2/c1-5-21-18(10-6-7-14(3)12-18)17(19)15-11-13(2)8-9-16(15)20-4/h8-9,11,14,17H,5-7,10,12,19H2,1-4H3. The number of rotatable bonds is 5. The highest BCUT2D eigenvalue weighted by Crippen LogP contribution is 2.44. The maximum atomic E-state index is 6.69. The molecule has 0 radical (unpaired) electrons. The smallest absolute Gasteiger partial charge is 0.123 e. The lowest BCUT2D eigenvalue weighted by atomic mass is 9.72. The fourth-order valence-corrected chi connectivity index (χ4v) is 3.71. The van der Waals surface area contributed by atoms with E-state index < -0.39 is 0 Å². The van der Waals surface area contributed by atoms with Gasteiger partial charge in [-0.1, -0.05) is 37.5 Å². The van der Waals surface area contributed by atoms with Crippen LogP contribution in [0.5, 0.6) is 5.75 Å². The van der Waals surface area contributed by atoms with E-state index in [1.54, 1.807) is 7.11 Å². The summed E-state index contributed by atoms with van der Waals surface area (Å²) in [5, 5.41) is 0. The molecule has 2 rings (SSSR count). The van der Waals surface area contributed by atoms with Gasteiger partial charge in [0.2, 0.25) is 0 Å². The second kappa shape index (κ2) is 6.80. The predicted octanol–water partition coefficient (Wildman–Crippen LogP) is 3.99. The SMILES string of the molecule is CCOC1(C(N)c2cc(C)ccc2OC)CCCC(C)C1. The van der Waals surface area contributed by atoms with Crippen LogP contribution in [-0.2, 0) is 4.74 Å². The first-order valence-electron chi connectivity index (χ1n) is 8.06. The van der Waals surface area contributed by atoms with Gasteiger partial charge < -0.3 is 15.2 Å². The molecule has 0 aromatic heterocycles. The Morgan fingerprint density at radius 1 is 1.43 bits per heavy atom. The van der Waals surface area contributed by atoms with Crippen molar-refractivity contribution in [3.63, 3.8) is 0 Å². The van der Waals surface area contributed by atoms with Gasteiger partial charge in [0.1, 0.15) is 5.75 Å². The van der Waals surface area contributed by atoms with Crippen molar-refractivity contribution in [3.8, 4) is 5.75 Å². The van der Waals surface area contributed by atoms with Gasteiger partial charge in [-0.2, -0.15) is 0 Å². The third-order valence-corrected chi connectivity index (χ3v) is 4.71. The van der Waals surface area contributed by atoms with Crippen LogP contribution in [0.4, 0.5) is 0 Å². The number of methoxy groups -OCH3 is 1. The van der Waals surface area contributed by atoms with Crippen molar-refractivity contribution in [1.29, 1.82) is 0 Å². The van der Waals surface area contributed by atoms with E-state index in [1.807, 2.05) is 6.07 Å². The summed E-state index contributed by atoms with van der Waals surface area (Å²) in [4.78, 5) is 0. The number of hydrogen-bond acceptors (Lipinski definition) is 3. The van der Waals surface area contributed by atoms with Crippen molar-refractivity contribution in [3.05, 3.63) is 29.3 Å². The van der Waals surface area contributed by atoms with Crippen LogP contribution in [0.2, 0.25) is 0 Å². The van der Waals surface area contributed by atoms with Gasteiger partial charge in [-0.05, 0) is 38.7 Å². The normalized spacial score (nSPS) is 27.4. The average Bonchev–Trinajstić information content (AvgIpc) is 2.46. The summed E-state index contributed by atoms with van der Waals surface area (Å²) >= 11 is 0. The summed E-state index contributed by atoms with van der Waals surface area (Å²) in [6.45, 7) is 7.15. The molecule has 1 aromatic carbocycles. The summed E-state index contributed by atoms with van der Waals surface area (Å²) < 4.78 is 11.7. The Hall–Kier alpha value is -1.06. The summed E-state index contributed by atoms with van der Waals surface area (Å²) in [5.41, 5.74) is 8.71. The third kappa shape index (κ3) is 3.41. The second-order valence-electron chi connectivity index (χ2n) is 6.42. The minimum Gasteiger partial charge on any atom is -0.496 e. The van der Waals surface area contributed by atoms with E-state index in [1.165, 1.54) is 18.4 Å². The van der Waals surface area contributed by atoms with E-state index in [-0.39, 0.29) is 11.6 Å². The van der Waals surface area contributed by atoms with Crippen molar-refractivity contribution in [2.45, 2.75) is 58.1 Å². The summed E-state index contributed by atoms with van der Waals surface area (Å²) in [7, 11) is 1.71. The van der Waals surface area contributed by atoms with Crippen molar-refractivity contribution in [1.82, 2.24) is 0 Å². The molecular weight excluding hydrogens is 262 g/mol. The minimum absolute atomic E-state index is 0.143. The highest BCUT2D eigenvalue weighted by molar-refractivity contribution is 5.40. The van der Waals surface area contributed by atoms with E-state index >= 15 is 0 Å². The quantitative estimate of drug-likeness (QED) is 0.892. The molecule has 3 unspecified atom stereocenters. The molecule has 21 heavy (non-hydrogen) atoms. The van der Waals surface area contributed by atoms with Crippen LogP contribution in [0.25, 0.3) is 0 Å². The molecule has 118 valence electrons. The molecule has 0 aliphatic heterocycles. The van der Waals surface area contributed by atoms with Crippen LogP contribution in [0.1, 0.15) is 56.7 Å². The molecule has 2 N–H and O–H groups in total.